The van der Waals surface area contributed by atoms with Crippen LogP contribution in [0.3, 0.4) is 0 Å². The highest BCUT2D eigenvalue weighted by Crippen LogP contribution is 2.47. The van der Waals surface area contributed by atoms with Gasteiger partial charge >= 0.3 is 12.1 Å². The topological polar surface area (TPSA) is 93.3 Å². The number of thiophene rings is 1. The molecule has 32 heavy (non-hydrogen) atoms. The predicted molar refractivity (Wildman–Crippen MR) is 108 cm³/mol. The smallest absolute Gasteiger partial charge is 0.455 e. The van der Waals surface area contributed by atoms with Gasteiger partial charge in [0.1, 0.15) is 0 Å². The van der Waals surface area contributed by atoms with E-state index in [2.05, 4.69) is 10.1 Å². The van der Waals surface area contributed by atoms with Crippen LogP contribution in [0.15, 0.2) is 15.7 Å². The molecule has 0 saturated heterocycles. The summed E-state index contributed by atoms with van der Waals surface area (Å²) in [6.45, 7) is 0. The molecule has 10 heteroatoms. The summed E-state index contributed by atoms with van der Waals surface area (Å²) < 4.78 is 44.1. The van der Waals surface area contributed by atoms with E-state index >= 15 is 0 Å². The second-order valence-electron chi connectivity index (χ2n) is 8.71. The number of hydrogen-bond donors (Lipinski definition) is 1. The quantitative estimate of drug-likeness (QED) is 0.666. The minimum atomic E-state index is -4.73. The molecule has 2 aromatic heterocycles. The lowest BCUT2D eigenvalue weighted by atomic mass is 9.65. The number of ketones is 1. The van der Waals surface area contributed by atoms with Crippen LogP contribution in [0.1, 0.15) is 59.7 Å². The normalized spacial score (nSPS) is 22.8. The van der Waals surface area contributed by atoms with Gasteiger partial charge in [-0.05, 0) is 68.8 Å². The molecule has 170 valence electrons. The molecule has 1 N–H and O–H groups in total. The minimum Gasteiger partial charge on any atom is -0.478 e. The van der Waals surface area contributed by atoms with Crippen LogP contribution in [0.4, 0.5) is 13.2 Å². The van der Waals surface area contributed by atoms with E-state index in [0.29, 0.717) is 22.4 Å². The second kappa shape index (κ2) is 7.83. The number of aromatic nitrogens is 2. The van der Waals surface area contributed by atoms with Crippen LogP contribution in [0.5, 0.6) is 0 Å². The summed E-state index contributed by atoms with van der Waals surface area (Å²) in [6.07, 6.45) is 1.69. The molecule has 0 aromatic carbocycles. The fraction of sp³-hybridized carbons (Fsp3) is 0.545. The summed E-state index contributed by atoms with van der Waals surface area (Å²) in [5, 5.41) is 12.8. The fourth-order valence-electron chi connectivity index (χ4n) is 5.46. The Balaban J connectivity index is 1.55. The lowest BCUT2D eigenvalue weighted by molar-refractivity contribution is -0.146. The van der Waals surface area contributed by atoms with E-state index < -0.39 is 18.0 Å². The predicted octanol–water partition coefficient (Wildman–Crippen LogP) is 5.01. The number of allylic oxidation sites excluding steroid dienone is 1. The third-order valence-electron chi connectivity index (χ3n) is 6.82. The highest BCUT2D eigenvalue weighted by molar-refractivity contribution is 7.12. The van der Waals surface area contributed by atoms with Gasteiger partial charge in [0.25, 0.3) is 11.7 Å². The van der Waals surface area contributed by atoms with Gasteiger partial charge in [-0.3, -0.25) is 4.79 Å². The number of aryl methyl sites for hydroxylation is 1. The first-order chi connectivity index (χ1) is 15.2. The van der Waals surface area contributed by atoms with Crippen molar-refractivity contribution in [2.75, 3.05) is 0 Å². The molecule has 0 unspecified atom stereocenters. The molecule has 4 aliphatic carbocycles. The molecule has 2 heterocycles. The fourth-order valence-corrected chi connectivity index (χ4v) is 6.84. The maximum atomic E-state index is 13.4. The summed E-state index contributed by atoms with van der Waals surface area (Å²) in [5.74, 6) is -3.03. The van der Waals surface area contributed by atoms with Crippen molar-refractivity contribution in [1.82, 2.24) is 10.1 Å². The number of carboxylic acids is 1. The molecule has 0 atom stereocenters. The van der Waals surface area contributed by atoms with Crippen LogP contribution in [0, 0.1) is 11.8 Å². The Labute approximate surface area is 185 Å². The number of carbonyl (C=O) groups excluding carboxylic acids is 1. The highest BCUT2D eigenvalue weighted by Gasteiger charge is 2.42. The van der Waals surface area contributed by atoms with E-state index in [4.69, 9.17) is 4.52 Å². The zero-order chi connectivity index (χ0) is 22.6. The molecule has 1 fully saturated rings. The van der Waals surface area contributed by atoms with Gasteiger partial charge in [-0.1, -0.05) is 5.16 Å². The Kier molecular flexibility index (Phi) is 5.22. The largest absolute Gasteiger partial charge is 0.478 e. The maximum absolute atomic E-state index is 13.4. The Bertz CT molecular complexity index is 1120. The number of carboxylic acid groups (broad SMARTS) is 1. The molecule has 2 aromatic rings. The number of hydrogen-bond acceptors (Lipinski definition) is 6. The first kappa shape index (κ1) is 21.4. The molecule has 2 bridgehead atoms. The van der Waals surface area contributed by atoms with Gasteiger partial charge < -0.3 is 9.63 Å². The number of Topliss-reactive ketones (excluding diaryl/α,β-unsaturated/α-hetero) is 1. The van der Waals surface area contributed by atoms with Gasteiger partial charge in [0, 0.05) is 27.3 Å². The van der Waals surface area contributed by atoms with E-state index in [1.54, 1.807) is 0 Å². The van der Waals surface area contributed by atoms with Crippen LogP contribution in [0.2, 0.25) is 0 Å². The Morgan fingerprint density at radius 3 is 2.34 bits per heavy atom. The Hall–Kier alpha value is -2.49. The standard InChI is InChI=1S/C22H21F3N2O4S/c23-22(24,25)21-26-19(31-27-21)18-12-3-1-2-4-14(12)32-15(18)9-13(28)16-10-5-7-11(8-6-10)17(16)20(29)30/h10-11H,1-9H2,(H,29,30). The number of halogens is 3. The average Bonchev–Trinajstić information content (AvgIpc) is 3.38. The summed E-state index contributed by atoms with van der Waals surface area (Å²) >= 11 is 1.40. The van der Waals surface area contributed by atoms with Crippen molar-refractivity contribution in [3.63, 3.8) is 0 Å². The molecule has 0 radical (unpaired) electrons. The summed E-state index contributed by atoms with van der Waals surface area (Å²) in [4.78, 5) is 30.5. The van der Waals surface area contributed by atoms with Crippen LogP contribution >= 0.6 is 11.3 Å². The zero-order valence-corrected chi connectivity index (χ0v) is 17.9. The third-order valence-corrected chi connectivity index (χ3v) is 8.12. The van der Waals surface area contributed by atoms with Gasteiger partial charge in [-0.15, -0.1) is 11.3 Å². The number of nitrogens with zero attached hydrogens (tertiary/aromatic N) is 2. The molecule has 1 saturated carbocycles. The van der Waals surface area contributed by atoms with Crippen molar-refractivity contribution in [1.29, 1.82) is 0 Å². The molecule has 6 nitrogen and oxygen atoms in total. The first-order valence-corrected chi connectivity index (χ1v) is 11.6. The van der Waals surface area contributed by atoms with E-state index in [-0.39, 0.29) is 35.5 Å². The third kappa shape index (κ3) is 3.58. The van der Waals surface area contributed by atoms with Gasteiger partial charge in [0.2, 0.25) is 0 Å². The van der Waals surface area contributed by atoms with Crippen molar-refractivity contribution in [3.05, 3.63) is 32.3 Å². The van der Waals surface area contributed by atoms with Crippen molar-refractivity contribution in [2.24, 2.45) is 11.8 Å². The van der Waals surface area contributed by atoms with Crippen molar-refractivity contribution in [2.45, 2.75) is 64.0 Å². The van der Waals surface area contributed by atoms with Gasteiger partial charge in [0.05, 0.1) is 5.56 Å². The van der Waals surface area contributed by atoms with E-state index in [1.165, 1.54) is 11.3 Å². The Morgan fingerprint density at radius 2 is 1.72 bits per heavy atom. The molecule has 6 rings (SSSR count). The van der Waals surface area contributed by atoms with E-state index in [1.807, 2.05) is 0 Å². The molecule has 0 amide bonds. The summed E-state index contributed by atoms with van der Waals surface area (Å²) in [6, 6.07) is 0. The second-order valence-corrected chi connectivity index (χ2v) is 9.90. The van der Waals surface area contributed by atoms with E-state index in [0.717, 1.165) is 55.4 Å². The minimum absolute atomic E-state index is 0.0585. The lowest BCUT2D eigenvalue weighted by Crippen LogP contribution is -2.34. The molecule has 4 aliphatic rings. The highest BCUT2D eigenvalue weighted by atomic mass is 32.1. The zero-order valence-electron chi connectivity index (χ0n) is 17.1. The van der Waals surface area contributed by atoms with Gasteiger partial charge in [-0.2, -0.15) is 18.2 Å². The first-order valence-electron chi connectivity index (χ1n) is 10.8. The lowest BCUT2D eigenvalue weighted by Gasteiger charge is -2.38. The summed E-state index contributed by atoms with van der Waals surface area (Å²) in [5.41, 5.74) is 1.94. The SMILES string of the molecule is O=C(O)C1=C(C(=O)Cc2sc3c(c2-c2nc(C(F)(F)F)no2)CCCC3)C2CCC1CC2. The number of aliphatic carboxylic acids is 1. The monoisotopic (exact) mass is 466 g/mol. The average molecular weight is 466 g/mol. The van der Waals surface area contributed by atoms with Crippen molar-refractivity contribution >= 4 is 23.1 Å². The van der Waals surface area contributed by atoms with Crippen molar-refractivity contribution in [3.8, 4) is 11.5 Å². The molecule has 0 aliphatic heterocycles. The number of alkyl halides is 3. The number of carbonyl (C=O) groups is 2. The molecular formula is C22H21F3N2O4S. The number of rotatable bonds is 5. The molecule has 0 spiro atoms. The van der Waals surface area contributed by atoms with Crippen LogP contribution in [-0.4, -0.2) is 27.0 Å². The molecular weight excluding hydrogens is 445 g/mol. The van der Waals surface area contributed by atoms with Crippen molar-refractivity contribution < 1.29 is 32.4 Å². The van der Waals surface area contributed by atoms with Crippen LogP contribution in [-0.2, 0) is 35.0 Å². The van der Waals surface area contributed by atoms with E-state index in [9.17, 15) is 27.9 Å². The van der Waals surface area contributed by atoms with Crippen LogP contribution in [0.25, 0.3) is 11.5 Å². The van der Waals surface area contributed by atoms with Gasteiger partial charge in [0.15, 0.2) is 5.78 Å². The van der Waals surface area contributed by atoms with Crippen LogP contribution < -0.4 is 0 Å². The Morgan fingerprint density at radius 1 is 1.06 bits per heavy atom. The maximum Gasteiger partial charge on any atom is 0.455 e. The number of fused-ring (bicyclic) bond motifs is 3. The summed E-state index contributed by atoms with van der Waals surface area (Å²) in [7, 11) is 0. The van der Waals surface area contributed by atoms with Gasteiger partial charge in [-0.25, -0.2) is 4.79 Å².